The largest absolute Gasteiger partial charge is 0.443 e. The fourth-order valence-electron chi connectivity index (χ4n) is 4.26. The topological polar surface area (TPSA) is 145 Å². The van der Waals surface area contributed by atoms with Crippen LogP contribution < -0.4 is 11.1 Å². The van der Waals surface area contributed by atoms with Gasteiger partial charge in [0, 0.05) is 18.7 Å². The molecule has 0 aliphatic carbocycles. The highest BCUT2D eigenvalue weighted by Gasteiger charge is 2.18. The van der Waals surface area contributed by atoms with Crippen LogP contribution in [0.2, 0.25) is 0 Å². The van der Waals surface area contributed by atoms with Crippen molar-refractivity contribution in [1.29, 1.82) is 0 Å². The molecule has 2 aromatic carbocycles. The van der Waals surface area contributed by atoms with E-state index in [9.17, 15) is 9.90 Å². The van der Waals surface area contributed by atoms with Gasteiger partial charge in [-0.15, -0.1) is 0 Å². The first kappa shape index (κ1) is 23.4. The molecule has 0 aliphatic heterocycles. The van der Waals surface area contributed by atoms with E-state index in [1.165, 1.54) is 12.7 Å². The van der Waals surface area contributed by atoms with Gasteiger partial charge in [0.05, 0.1) is 17.1 Å². The number of nitrogens with one attached hydrogen (secondary N) is 1. The third-order valence-electron chi connectivity index (χ3n) is 6.14. The molecule has 4 N–H and O–H groups in total. The minimum absolute atomic E-state index is 0.235. The van der Waals surface area contributed by atoms with Crippen LogP contribution in [0.3, 0.4) is 0 Å². The summed E-state index contributed by atoms with van der Waals surface area (Å²) in [5.74, 6) is 0.120. The number of oxazole rings is 1. The molecule has 0 saturated heterocycles. The molecule has 0 radical (unpaired) electrons. The maximum absolute atomic E-state index is 12.7. The van der Waals surface area contributed by atoms with E-state index in [0.717, 1.165) is 24.0 Å². The number of carbonyl (C=O) groups excluding carboxylic acids is 1. The van der Waals surface area contributed by atoms with E-state index in [0.29, 0.717) is 58.7 Å². The number of nitrogens with zero attached hydrogens (tertiary/aromatic N) is 5. The van der Waals surface area contributed by atoms with Crippen molar-refractivity contribution in [2.45, 2.75) is 45.4 Å². The van der Waals surface area contributed by atoms with E-state index in [2.05, 4.69) is 20.3 Å². The first-order chi connectivity index (χ1) is 17.5. The normalized spacial score (nSPS) is 12.3. The minimum Gasteiger partial charge on any atom is -0.443 e. The SMILES string of the molecule is CCCC(O)CCn1nc(-c2ccc(CNC(=O)c3cccc4ncoc34)cc2)c2c(N)ncnc21. The molecule has 0 aliphatic rings. The number of aryl methyl sites for hydroxylation is 1. The average Bonchev–Trinajstić information content (AvgIpc) is 3.52. The molecule has 184 valence electrons. The first-order valence-corrected chi connectivity index (χ1v) is 11.9. The highest BCUT2D eigenvalue weighted by Crippen LogP contribution is 2.30. The van der Waals surface area contributed by atoms with Crippen LogP contribution in [0.5, 0.6) is 0 Å². The molecule has 1 atom stereocenters. The number of amides is 1. The summed E-state index contributed by atoms with van der Waals surface area (Å²) in [5.41, 5.74) is 10.8. The van der Waals surface area contributed by atoms with Crippen LogP contribution in [-0.4, -0.2) is 41.9 Å². The molecule has 3 heterocycles. The summed E-state index contributed by atoms with van der Waals surface area (Å²) in [6.45, 7) is 2.92. The van der Waals surface area contributed by atoms with Crippen LogP contribution in [0.25, 0.3) is 33.4 Å². The Morgan fingerprint density at radius 2 is 1.97 bits per heavy atom. The number of fused-ring (bicyclic) bond motifs is 2. The lowest BCUT2D eigenvalue weighted by Crippen LogP contribution is -2.22. The number of hydrogen-bond donors (Lipinski definition) is 3. The molecule has 3 aromatic heterocycles. The van der Waals surface area contributed by atoms with Crippen molar-refractivity contribution >= 4 is 33.9 Å². The second kappa shape index (κ2) is 10.1. The summed E-state index contributed by atoms with van der Waals surface area (Å²) in [5, 5.41) is 18.5. The van der Waals surface area contributed by atoms with Crippen molar-refractivity contribution in [3.63, 3.8) is 0 Å². The van der Waals surface area contributed by atoms with Gasteiger partial charge >= 0.3 is 0 Å². The highest BCUT2D eigenvalue weighted by atomic mass is 16.3. The summed E-state index contributed by atoms with van der Waals surface area (Å²) in [6, 6.07) is 13.0. The van der Waals surface area contributed by atoms with Crippen molar-refractivity contribution in [1.82, 2.24) is 30.0 Å². The van der Waals surface area contributed by atoms with Gasteiger partial charge in [-0.25, -0.2) is 19.6 Å². The number of aromatic nitrogens is 5. The van der Waals surface area contributed by atoms with Crippen LogP contribution in [0, 0.1) is 0 Å². The monoisotopic (exact) mass is 485 g/mol. The maximum atomic E-state index is 12.7. The Hall–Kier alpha value is -4.31. The second-order valence-corrected chi connectivity index (χ2v) is 8.65. The van der Waals surface area contributed by atoms with Crippen LogP contribution in [0.4, 0.5) is 5.82 Å². The van der Waals surface area contributed by atoms with E-state index < -0.39 is 0 Å². The van der Waals surface area contributed by atoms with E-state index in [4.69, 9.17) is 15.2 Å². The smallest absolute Gasteiger partial charge is 0.255 e. The summed E-state index contributed by atoms with van der Waals surface area (Å²) in [7, 11) is 0. The molecule has 5 rings (SSSR count). The van der Waals surface area contributed by atoms with Crippen molar-refractivity contribution in [3.8, 4) is 11.3 Å². The third kappa shape index (κ3) is 4.63. The maximum Gasteiger partial charge on any atom is 0.255 e. The highest BCUT2D eigenvalue weighted by molar-refractivity contribution is 6.04. The van der Waals surface area contributed by atoms with Gasteiger partial charge in [-0.2, -0.15) is 5.10 Å². The summed E-state index contributed by atoms with van der Waals surface area (Å²) >= 11 is 0. The number of benzene rings is 2. The molecule has 1 amide bonds. The number of aliphatic hydroxyl groups excluding tert-OH is 1. The lowest BCUT2D eigenvalue weighted by Gasteiger charge is -2.09. The Kier molecular flexibility index (Phi) is 6.59. The van der Waals surface area contributed by atoms with E-state index >= 15 is 0 Å². The van der Waals surface area contributed by atoms with Gasteiger partial charge in [0.15, 0.2) is 17.6 Å². The molecule has 36 heavy (non-hydrogen) atoms. The van der Waals surface area contributed by atoms with E-state index in [-0.39, 0.29) is 12.0 Å². The molecule has 0 fully saturated rings. The lowest BCUT2D eigenvalue weighted by molar-refractivity contribution is 0.0951. The third-order valence-corrected chi connectivity index (χ3v) is 6.14. The molecule has 10 heteroatoms. The minimum atomic E-state index is -0.387. The number of nitrogens with two attached hydrogens (primary N) is 1. The predicted octanol–water partition coefficient (Wildman–Crippen LogP) is 3.70. The zero-order chi connectivity index (χ0) is 25.1. The predicted molar refractivity (Wildman–Crippen MR) is 136 cm³/mol. The van der Waals surface area contributed by atoms with Gasteiger partial charge in [0.25, 0.3) is 5.91 Å². The Balaban J connectivity index is 1.34. The fourth-order valence-corrected chi connectivity index (χ4v) is 4.26. The summed E-state index contributed by atoms with van der Waals surface area (Å²) in [6.07, 6.45) is 4.61. The number of aliphatic hydroxyl groups is 1. The quantitative estimate of drug-likeness (QED) is 0.287. The molecular formula is C26H27N7O3. The second-order valence-electron chi connectivity index (χ2n) is 8.65. The van der Waals surface area contributed by atoms with Gasteiger partial charge in [-0.3, -0.25) is 4.79 Å². The number of hydrogen-bond acceptors (Lipinski definition) is 8. The van der Waals surface area contributed by atoms with Crippen LogP contribution >= 0.6 is 0 Å². The Morgan fingerprint density at radius 3 is 2.78 bits per heavy atom. The zero-order valence-corrected chi connectivity index (χ0v) is 19.9. The summed E-state index contributed by atoms with van der Waals surface area (Å²) < 4.78 is 7.14. The first-order valence-electron chi connectivity index (χ1n) is 11.9. The van der Waals surface area contributed by atoms with Gasteiger partial charge in [-0.05, 0) is 30.5 Å². The van der Waals surface area contributed by atoms with Crippen LogP contribution in [0.15, 0.2) is 59.6 Å². The van der Waals surface area contributed by atoms with Crippen molar-refractivity contribution < 1.29 is 14.3 Å². The van der Waals surface area contributed by atoms with E-state index in [1.807, 2.05) is 31.2 Å². The van der Waals surface area contributed by atoms with Gasteiger partial charge < -0.3 is 20.6 Å². The van der Waals surface area contributed by atoms with Crippen molar-refractivity contribution in [2.24, 2.45) is 0 Å². The number of rotatable bonds is 9. The fraction of sp³-hybridized carbons (Fsp3) is 0.269. The molecular weight excluding hydrogens is 458 g/mol. The van der Waals surface area contributed by atoms with Crippen LogP contribution in [-0.2, 0) is 13.1 Å². The van der Waals surface area contributed by atoms with E-state index in [1.54, 1.807) is 22.9 Å². The van der Waals surface area contributed by atoms with Gasteiger partial charge in [0.2, 0.25) is 0 Å². The number of carbonyl (C=O) groups is 1. The Labute approximate surface area is 207 Å². The zero-order valence-electron chi connectivity index (χ0n) is 19.9. The standard InChI is InChI=1S/C26H27N7O3/c1-2-4-18(34)11-12-33-25-21(24(27)29-14-30-25)22(32-33)17-9-7-16(8-10-17)13-28-26(35)19-5-3-6-20-23(19)36-15-31-20/h3,5-10,14-15,18,34H,2,4,11-13H2,1H3,(H,28,35)(H2,27,29,30). The lowest BCUT2D eigenvalue weighted by atomic mass is 10.1. The van der Waals surface area contributed by atoms with Crippen molar-refractivity contribution in [3.05, 3.63) is 66.3 Å². The molecule has 0 saturated carbocycles. The van der Waals surface area contributed by atoms with Crippen LogP contribution in [0.1, 0.15) is 42.1 Å². The van der Waals surface area contributed by atoms with Crippen molar-refractivity contribution in [2.75, 3.05) is 5.73 Å². The Bertz CT molecular complexity index is 1510. The number of nitrogen functional groups attached to an aromatic ring is 1. The molecule has 0 spiro atoms. The summed E-state index contributed by atoms with van der Waals surface area (Å²) in [4.78, 5) is 25.3. The number of anilines is 1. The molecule has 10 nitrogen and oxygen atoms in total. The molecule has 1 unspecified atom stereocenters. The van der Waals surface area contributed by atoms with Gasteiger partial charge in [0.1, 0.15) is 23.4 Å². The average molecular weight is 486 g/mol. The molecule has 5 aromatic rings. The van der Waals surface area contributed by atoms with Gasteiger partial charge in [-0.1, -0.05) is 43.7 Å². The molecule has 0 bridgehead atoms. The Morgan fingerprint density at radius 1 is 1.14 bits per heavy atom. The number of para-hydroxylation sites is 1.